The van der Waals surface area contributed by atoms with Gasteiger partial charge in [-0.25, -0.2) is 4.79 Å². The Hall–Kier alpha value is -2.40. The van der Waals surface area contributed by atoms with E-state index in [1.54, 1.807) is 12.1 Å². The Morgan fingerprint density at radius 1 is 1.16 bits per heavy atom. The van der Waals surface area contributed by atoms with Crippen LogP contribution in [-0.4, -0.2) is 35.8 Å². The summed E-state index contributed by atoms with van der Waals surface area (Å²) in [6, 6.07) is 14.6. The van der Waals surface area contributed by atoms with Gasteiger partial charge < -0.3 is 19.5 Å². The van der Waals surface area contributed by atoms with Gasteiger partial charge in [-0.2, -0.15) is 0 Å². The summed E-state index contributed by atoms with van der Waals surface area (Å²) in [4.78, 5) is 12.4. The zero-order valence-corrected chi connectivity index (χ0v) is 14.5. The Bertz CT molecular complexity index is 720. The first-order valence-corrected chi connectivity index (χ1v) is 8.62. The van der Waals surface area contributed by atoms with Gasteiger partial charge in [0.05, 0.1) is 6.61 Å². The first kappa shape index (κ1) is 17.4. The predicted molar refractivity (Wildman–Crippen MR) is 95.8 cm³/mol. The lowest BCUT2D eigenvalue weighted by atomic mass is 10.1. The lowest BCUT2D eigenvalue weighted by Gasteiger charge is -2.13. The predicted octanol–water partition coefficient (Wildman–Crippen LogP) is 4.90. The van der Waals surface area contributed by atoms with Gasteiger partial charge >= 0.3 is 6.09 Å². The van der Waals surface area contributed by atoms with E-state index in [-0.39, 0.29) is 0 Å². The molecular formula is C19H20ClNO4. The highest BCUT2D eigenvalue weighted by molar-refractivity contribution is 6.30. The van der Waals surface area contributed by atoms with Gasteiger partial charge in [-0.3, -0.25) is 0 Å². The molecule has 0 spiro atoms. The maximum Gasteiger partial charge on any atom is 0.407 e. The van der Waals surface area contributed by atoms with Gasteiger partial charge in [0.15, 0.2) is 0 Å². The van der Waals surface area contributed by atoms with Crippen LogP contribution in [0.5, 0.6) is 17.2 Å². The molecule has 2 aromatic carbocycles. The van der Waals surface area contributed by atoms with Gasteiger partial charge in [-0.15, -0.1) is 0 Å². The van der Waals surface area contributed by atoms with Crippen LogP contribution in [0.15, 0.2) is 48.5 Å². The molecule has 25 heavy (non-hydrogen) atoms. The maximum atomic E-state index is 10.9. The third-order valence-corrected chi connectivity index (χ3v) is 4.46. The summed E-state index contributed by atoms with van der Waals surface area (Å²) >= 11 is 5.87. The highest BCUT2D eigenvalue weighted by Crippen LogP contribution is 2.27. The van der Waals surface area contributed by atoms with Crippen molar-refractivity contribution in [1.82, 2.24) is 4.90 Å². The van der Waals surface area contributed by atoms with Crippen LogP contribution < -0.4 is 9.47 Å². The van der Waals surface area contributed by atoms with Crippen molar-refractivity contribution in [2.75, 3.05) is 19.7 Å². The van der Waals surface area contributed by atoms with Crippen molar-refractivity contribution in [3.63, 3.8) is 0 Å². The fourth-order valence-corrected chi connectivity index (χ4v) is 2.98. The first-order valence-electron chi connectivity index (χ1n) is 8.24. The first-order chi connectivity index (χ1) is 12.1. The van der Waals surface area contributed by atoms with Gasteiger partial charge in [-0.1, -0.05) is 17.7 Å². The number of ether oxygens (including phenoxy) is 2. The van der Waals surface area contributed by atoms with E-state index in [0.717, 1.165) is 18.6 Å². The lowest BCUT2D eigenvalue weighted by molar-refractivity contribution is 0.153. The van der Waals surface area contributed by atoms with Crippen LogP contribution in [0.25, 0.3) is 0 Å². The molecule has 1 fully saturated rings. The summed E-state index contributed by atoms with van der Waals surface area (Å²) in [5.41, 5.74) is 0. The van der Waals surface area contributed by atoms with Crippen LogP contribution >= 0.6 is 11.6 Å². The van der Waals surface area contributed by atoms with Crippen molar-refractivity contribution in [2.24, 2.45) is 5.92 Å². The smallest absolute Gasteiger partial charge is 0.407 e. The Morgan fingerprint density at radius 3 is 2.64 bits per heavy atom. The Labute approximate surface area is 151 Å². The number of carboxylic acid groups (broad SMARTS) is 1. The SMILES string of the molecule is O=C(O)N1CCC(CCOc2cccc(Oc3ccc(Cl)cc3)c2)C1. The van der Waals surface area contributed by atoms with Crippen molar-refractivity contribution < 1.29 is 19.4 Å². The standard InChI is InChI=1S/C19H20ClNO4/c20-15-4-6-16(7-5-15)25-18-3-1-2-17(12-18)24-11-9-14-8-10-21(13-14)19(22)23/h1-7,12,14H,8-11,13H2,(H,22,23). The fraction of sp³-hybridized carbons (Fsp3) is 0.316. The van der Waals surface area contributed by atoms with Gasteiger partial charge in [-0.05, 0) is 55.2 Å². The van der Waals surface area contributed by atoms with E-state index in [4.69, 9.17) is 26.2 Å². The van der Waals surface area contributed by atoms with E-state index >= 15 is 0 Å². The van der Waals surface area contributed by atoms with Gasteiger partial charge in [0.1, 0.15) is 17.2 Å². The van der Waals surface area contributed by atoms with E-state index in [2.05, 4.69) is 0 Å². The molecule has 6 heteroatoms. The van der Waals surface area contributed by atoms with E-state index in [0.29, 0.717) is 42.1 Å². The summed E-state index contributed by atoms with van der Waals surface area (Å²) in [5, 5.41) is 9.64. The molecule has 2 aromatic rings. The van der Waals surface area contributed by atoms with Crippen molar-refractivity contribution in [1.29, 1.82) is 0 Å². The summed E-state index contributed by atoms with van der Waals surface area (Å²) in [6.45, 7) is 1.77. The van der Waals surface area contributed by atoms with E-state index in [1.807, 2.05) is 36.4 Å². The molecule has 1 N–H and O–H groups in total. The number of hydrogen-bond donors (Lipinski definition) is 1. The molecule has 1 unspecified atom stereocenters. The fourth-order valence-electron chi connectivity index (χ4n) is 2.85. The number of likely N-dealkylation sites (tertiary alicyclic amines) is 1. The summed E-state index contributed by atoms with van der Waals surface area (Å²) in [5.74, 6) is 2.50. The third kappa shape index (κ3) is 5.03. The lowest BCUT2D eigenvalue weighted by Crippen LogP contribution is -2.26. The monoisotopic (exact) mass is 361 g/mol. The molecule has 5 nitrogen and oxygen atoms in total. The van der Waals surface area contributed by atoms with Crippen LogP contribution in [-0.2, 0) is 0 Å². The number of rotatable bonds is 6. The largest absolute Gasteiger partial charge is 0.493 e. The summed E-state index contributed by atoms with van der Waals surface area (Å²) in [7, 11) is 0. The second-order valence-corrected chi connectivity index (χ2v) is 6.49. The average Bonchev–Trinajstić information content (AvgIpc) is 3.07. The average molecular weight is 362 g/mol. The molecule has 0 saturated carbocycles. The quantitative estimate of drug-likeness (QED) is 0.794. The summed E-state index contributed by atoms with van der Waals surface area (Å²) in [6.07, 6.45) is 0.900. The zero-order valence-electron chi connectivity index (χ0n) is 13.7. The topological polar surface area (TPSA) is 59.0 Å². The molecule has 1 amide bonds. The minimum absolute atomic E-state index is 0.365. The van der Waals surface area contributed by atoms with Crippen molar-refractivity contribution >= 4 is 17.7 Å². The molecule has 0 aliphatic carbocycles. The second kappa shape index (κ2) is 8.12. The minimum Gasteiger partial charge on any atom is -0.493 e. The molecule has 1 atom stereocenters. The second-order valence-electron chi connectivity index (χ2n) is 6.05. The van der Waals surface area contributed by atoms with Gasteiger partial charge in [0.2, 0.25) is 0 Å². The summed E-state index contributed by atoms with van der Waals surface area (Å²) < 4.78 is 11.6. The van der Waals surface area contributed by atoms with Crippen LogP contribution in [0.3, 0.4) is 0 Å². The van der Waals surface area contributed by atoms with Gasteiger partial charge in [0.25, 0.3) is 0 Å². The molecule has 1 aliphatic heterocycles. The molecule has 1 aliphatic rings. The molecule has 1 saturated heterocycles. The molecule has 0 radical (unpaired) electrons. The zero-order chi connectivity index (χ0) is 17.6. The van der Waals surface area contributed by atoms with E-state index in [1.165, 1.54) is 4.90 Å². The van der Waals surface area contributed by atoms with Crippen LogP contribution in [0.4, 0.5) is 4.79 Å². The van der Waals surface area contributed by atoms with Gasteiger partial charge in [0, 0.05) is 24.2 Å². The number of nitrogens with zero attached hydrogens (tertiary/aromatic N) is 1. The number of amides is 1. The van der Waals surface area contributed by atoms with Crippen molar-refractivity contribution in [2.45, 2.75) is 12.8 Å². The highest BCUT2D eigenvalue weighted by Gasteiger charge is 2.25. The molecule has 3 rings (SSSR count). The van der Waals surface area contributed by atoms with Crippen molar-refractivity contribution in [3.8, 4) is 17.2 Å². The van der Waals surface area contributed by atoms with E-state index in [9.17, 15) is 4.79 Å². The highest BCUT2D eigenvalue weighted by atomic mass is 35.5. The molecule has 1 heterocycles. The van der Waals surface area contributed by atoms with Crippen molar-refractivity contribution in [3.05, 3.63) is 53.6 Å². The van der Waals surface area contributed by atoms with Crippen LogP contribution in [0, 0.1) is 5.92 Å². The Balaban J connectivity index is 1.48. The third-order valence-electron chi connectivity index (χ3n) is 4.21. The van der Waals surface area contributed by atoms with E-state index < -0.39 is 6.09 Å². The van der Waals surface area contributed by atoms with Crippen LogP contribution in [0.1, 0.15) is 12.8 Å². The Kier molecular flexibility index (Phi) is 5.66. The maximum absolute atomic E-state index is 10.9. The molecule has 132 valence electrons. The van der Waals surface area contributed by atoms with Crippen LogP contribution in [0.2, 0.25) is 5.02 Å². The Morgan fingerprint density at radius 2 is 1.92 bits per heavy atom. The number of benzene rings is 2. The molecule has 0 aromatic heterocycles. The number of carbonyl (C=O) groups is 1. The minimum atomic E-state index is -0.838. The number of hydrogen-bond acceptors (Lipinski definition) is 3. The molecular weight excluding hydrogens is 342 g/mol. The number of halogens is 1. The molecule has 0 bridgehead atoms. The normalized spacial score (nSPS) is 16.7.